The highest BCUT2D eigenvalue weighted by Crippen LogP contribution is 2.38. The van der Waals surface area contributed by atoms with Gasteiger partial charge in [-0.05, 0) is 18.8 Å². The van der Waals surface area contributed by atoms with Gasteiger partial charge >= 0.3 is 0 Å². The van der Waals surface area contributed by atoms with Crippen LogP contribution in [0.2, 0.25) is 0 Å². The summed E-state index contributed by atoms with van der Waals surface area (Å²) in [5, 5.41) is 3.11. The van der Waals surface area contributed by atoms with Gasteiger partial charge in [-0.1, -0.05) is 0 Å². The monoisotopic (exact) mass is 111 g/mol. The van der Waals surface area contributed by atoms with Crippen LogP contribution in [0.3, 0.4) is 0 Å². The molecule has 0 amide bonds. The highest BCUT2D eigenvalue weighted by molar-refractivity contribution is 5.64. The molecule has 0 aromatic carbocycles. The lowest BCUT2D eigenvalue weighted by Crippen LogP contribution is -1.95. The Morgan fingerprint density at radius 1 is 1.50 bits per heavy atom. The predicted octanol–water partition coefficient (Wildman–Crippen LogP) is -0.0643. The van der Waals surface area contributed by atoms with E-state index in [0.717, 1.165) is 12.2 Å². The number of carbonyl (C=O) groups is 1. The Hall–Kier alpha value is -0.370. The van der Waals surface area contributed by atoms with E-state index in [1.807, 2.05) is 0 Å². The van der Waals surface area contributed by atoms with E-state index in [1.165, 1.54) is 12.8 Å². The van der Waals surface area contributed by atoms with Crippen molar-refractivity contribution in [2.75, 3.05) is 0 Å². The molecule has 2 rings (SSSR count). The fourth-order valence-electron chi connectivity index (χ4n) is 1.18. The van der Waals surface area contributed by atoms with Gasteiger partial charge < -0.3 is 10.1 Å². The molecule has 2 fully saturated rings. The van der Waals surface area contributed by atoms with Gasteiger partial charge in [-0.3, -0.25) is 0 Å². The Bertz CT molecular complexity index is 120. The number of aldehydes is 1. The maximum Gasteiger partial charge on any atom is 0.138 e. The lowest BCUT2D eigenvalue weighted by Gasteiger charge is -1.79. The van der Waals surface area contributed by atoms with Crippen molar-refractivity contribution in [3.05, 3.63) is 0 Å². The molecule has 1 unspecified atom stereocenters. The van der Waals surface area contributed by atoms with Crippen molar-refractivity contribution in [1.29, 1.82) is 0 Å². The fourth-order valence-corrected chi connectivity index (χ4v) is 1.18. The highest BCUT2D eigenvalue weighted by atomic mass is 16.1. The molecule has 1 heterocycles. The van der Waals surface area contributed by atoms with E-state index in [9.17, 15) is 4.79 Å². The first-order valence-electron chi connectivity index (χ1n) is 3.13. The van der Waals surface area contributed by atoms with Crippen molar-refractivity contribution < 1.29 is 4.79 Å². The van der Waals surface area contributed by atoms with Crippen molar-refractivity contribution in [2.24, 2.45) is 5.92 Å². The van der Waals surface area contributed by atoms with E-state index in [1.54, 1.807) is 0 Å². The maximum atomic E-state index is 10.0. The van der Waals surface area contributed by atoms with Gasteiger partial charge in [0.25, 0.3) is 0 Å². The second kappa shape index (κ2) is 1.32. The van der Waals surface area contributed by atoms with Gasteiger partial charge in [0.05, 0.1) is 6.04 Å². The van der Waals surface area contributed by atoms with Crippen LogP contribution >= 0.6 is 0 Å². The first kappa shape index (κ1) is 4.50. The van der Waals surface area contributed by atoms with Crippen molar-refractivity contribution >= 4 is 6.29 Å². The third-order valence-electron chi connectivity index (χ3n) is 1.94. The summed E-state index contributed by atoms with van der Waals surface area (Å²) in [4.78, 5) is 10.0. The molecule has 2 heteroatoms. The van der Waals surface area contributed by atoms with E-state index in [2.05, 4.69) is 5.32 Å². The molecule has 1 N–H and O–H groups in total. The predicted molar refractivity (Wildman–Crippen MR) is 29.5 cm³/mol. The number of nitrogens with one attached hydrogen (secondary N) is 1. The summed E-state index contributed by atoms with van der Waals surface area (Å²) in [5.74, 6) is 0.852. The minimum Gasteiger partial charge on any atom is -0.302 e. The molecular weight excluding hydrogens is 102 g/mol. The van der Waals surface area contributed by atoms with Crippen LogP contribution in [-0.2, 0) is 4.79 Å². The van der Waals surface area contributed by atoms with E-state index < -0.39 is 0 Å². The normalized spacial score (nSPS) is 44.0. The Morgan fingerprint density at radius 3 is 2.62 bits per heavy atom. The van der Waals surface area contributed by atoms with E-state index in [-0.39, 0.29) is 6.04 Å². The van der Waals surface area contributed by atoms with Gasteiger partial charge in [0.15, 0.2) is 0 Å². The van der Waals surface area contributed by atoms with Crippen LogP contribution in [0.15, 0.2) is 0 Å². The Morgan fingerprint density at radius 2 is 2.25 bits per heavy atom. The molecular formula is C6H9NO. The Kier molecular flexibility index (Phi) is 0.742. The molecule has 2 aliphatic rings. The van der Waals surface area contributed by atoms with Crippen molar-refractivity contribution in [3.8, 4) is 0 Å². The Labute approximate surface area is 48.3 Å². The van der Waals surface area contributed by atoms with Gasteiger partial charge in [0.2, 0.25) is 0 Å². The SMILES string of the molecule is O=CC1N[C@H]1C1CC1. The summed E-state index contributed by atoms with van der Waals surface area (Å²) in [6.45, 7) is 0. The van der Waals surface area contributed by atoms with Crippen LogP contribution in [0.25, 0.3) is 0 Å². The van der Waals surface area contributed by atoms with E-state index >= 15 is 0 Å². The highest BCUT2D eigenvalue weighted by Gasteiger charge is 2.46. The van der Waals surface area contributed by atoms with Gasteiger partial charge in [-0.25, -0.2) is 0 Å². The summed E-state index contributed by atoms with van der Waals surface area (Å²) < 4.78 is 0. The van der Waals surface area contributed by atoms with E-state index in [4.69, 9.17) is 0 Å². The van der Waals surface area contributed by atoms with Gasteiger partial charge in [-0.15, -0.1) is 0 Å². The molecule has 8 heavy (non-hydrogen) atoms. The fraction of sp³-hybridized carbons (Fsp3) is 0.833. The van der Waals surface area contributed by atoms with Crippen molar-refractivity contribution in [3.63, 3.8) is 0 Å². The number of carbonyl (C=O) groups excluding carboxylic acids is 1. The molecule has 0 aromatic heterocycles. The van der Waals surface area contributed by atoms with Crippen LogP contribution in [0.1, 0.15) is 12.8 Å². The molecule has 2 nitrogen and oxygen atoms in total. The van der Waals surface area contributed by atoms with Gasteiger partial charge in [0, 0.05) is 6.04 Å². The molecule has 2 atom stereocenters. The maximum absolute atomic E-state index is 10.0. The minimum absolute atomic E-state index is 0.225. The Balaban J connectivity index is 1.86. The first-order valence-corrected chi connectivity index (χ1v) is 3.13. The lowest BCUT2D eigenvalue weighted by atomic mass is 10.2. The van der Waals surface area contributed by atoms with E-state index in [0.29, 0.717) is 6.04 Å². The number of hydrogen-bond acceptors (Lipinski definition) is 2. The summed E-state index contributed by atoms with van der Waals surface area (Å²) in [5.41, 5.74) is 0. The molecule has 1 saturated heterocycles. The summed E-state index contributed by atoms with van der Waals surface area (Å²) in [7, 11) is 0. The summed E-state index contributed by atoms with van der Waals surface area (Å²) in [6.07, 6.45) is 3.69. The standard InChI is InChI=1S/C6H9NO/c8-3-5-6(7-5)4-1-2-4/h3-7H,1-2H2/t5?,6-/m0/s1. The van der Waals surface area contributed by atoms with Crippen LogP contribution in [-0.4, -0.2) is 18.4 Å². The average molecular weight is 111 g/mol. The zero-order chi connectivity index (χ0) is 5.56. The molecule has 0 radical (unpaired) electrons. The van der Waals surface area contributed by atoms with Gasteiger partial charge in [-0.2, -0.15) is 0 Å². The second-order valence-electron chi connectivity index (χ2n) is 2.69. The summed E-state index contributed by atoms with van der Waals surface area (Å²) in [6, 6.07) is 0.801. The number of rotatable bonds is 2. The van der Waals surface area contributed by atoms with Crippen molar-refractivity contribution in [2.45, 2.75) is 24.9 Å². The van der Waals surface area contributed by atoms with Crippen molar-refractivity contribution in [1.82, 2.24) is 5.32 Å². The molecule has 1 aliphatic heterocycles. The molecule has 0 aromatic rings. The lowest BCUT2D eigenvalue weighted by molar-refractivity contribution is -0.107. The van der Waals surface area contributed by atoms with Crippen LogP contribution in [0.4, 0.5) is 0 Å². The molecule has 0 spiro atoms. The molecule has 44 valence electrons. The van der Waals surface area contributed by atoms with Gasteiger partial charge in [0.1, 0.15) is 6.29 Å². The van der Waals surface area contributed by atoms with Crippen LogP contribution in [0.5, 0.6) is 0 Å². The third-order valence-corrected chi connectivity index (χ3v) is 1.94. The molecule has 0 bridgehead atoms. The molecule has 1 saturated carbocycles. The zero-order valence-corrected chi connectivity index (χ0v) is 4.63. The number of hydrogen-bond donors (Lipinski definition) is 1. The minimum atomic E-state index is 0.225. The largest absolute Gasteiger partial charge is 0.302 e. The smallest absolute Gasteiger partial charge is 0.138 e. The summed E-state index contributed by atoms with van der Waals surface area (Å²) >= 11 is 0. The van der Waals surface area contributed by atoms with Crippen LogP contribution in [0, 0.1) is 5.92 Å². The molecule has 1 aliphatic carbocycles. The van der Waals surface area contributed by atoms with Crippen LogP contribution < -0.4 is 5.32 Å². The zero-order valence-electron chi connectivity index (χ0n) is 4.63. The quantitative estimate of drug-likeness (QED) is 0.400. The second-order valence-corrected chi connectivity index (χ2v) is 2.69. The third kappa shape index (κ3) is 0.564. The topological polar surface area (TPSA) is 39.0 Å². The first-order chi connectivity index (χ1) is 3.92. The average Bonchev–Trinajstić information content (AvgIpc) is 2.62.